The standard InChI is InChI=1S/C12H27N3O2S2.HI/c1-6-13-12(14-9-11(3)18-4)15-10(2)7-8-19(5,16)17;/h10-11H,6-9H2,1-5H3,(H2,13,14,15);1H. The van der Waals surface area contributed by atoms with Crippen molar-refractivity contribution in [1.29, 1.82) is 0 Å². The van der Waals surface area contributed by atoms with Gasteiger partial charge in [-0.25, -0.2) is 8.42 Å². The highest BCUT2D eigenvalue weighted by atomic mass is 127. The zero-order valence-corrected chi connectivity index (χ0v) is 16.9. The van der Waals surface area contributed by atoms with E-state index in [9.17, 15) is 8.42 Å². The van der Waals surface area contributed by atoms with Gasteiger partial charge in [-0.05, 0) is 26.5 Å². The maximum absolute atomic E-state index is 11.1. The number of hydrogen-bond donors (Lipinski definition) is 2. The smallest absolute Gasteiger partial charge is 0.191 e. The van der Waals surface area contributed by atoms with Crippen molar-refractivity contribution in [1.82, 2.24) is 10.6 Å². The molecule has 2 atom stereocenters. The van der Waals surface area contributed by atoms with Crippen LogP contribution in [0, 0.1) is 0 Å². The number of aliphatic imine (C=N–C) groups is 1. The first-order valence-electron chi connectivity index (χ1n) is 6.53. The molecule has 0 saturated carbocycles. The van der Waals surface area contributed by atoms with Gasteiger partial charge in [-0.1, -0.05) is 6.92 Å². The minimum Gasteiger partial charge on any atom is -0.357 e. The van der Waals surface area contributed by atoms with Gasteiger partial charge in [0.15, 0.2) is 5.96 Å². The lowest BCUT2D eigenvalue weighted by atomic mass is 10.3. The van der Waals surface area contributed by atoms with Crippen LogP contribution in [0.2, 0.25) is 0 Å². The Morgan fingerprint density at radius 3 is 2.40 bits per heavy atom. The maximum Gasteiger partial charge on any atom is 0.191 e. The Bertz CT molecular complexity index is 375. The Labute approximate surface area is 145 Å². The molecule has 20 heavy (non-hydrogen) atoms. The van der Waals surface area contributed by atoms with Gasteiger partial charge in [-0.15, -0.1) is 24.0 Å². The van der Waals surface area contributed by atoms with Crippen molar-refractivity contribution in [3.63, 3.8) is 0 Å². The lowest BCUT2D eigenvalue weighted by molar-refractivity contribution is 0.581. The summed E-state index contributed by atoms with van der Waals surface area (Å²) in [6, 6.07) is 0.0807. The van der Waals surface area contributed by atoms with E-state index in [4.69, 9.17) is 0 Å². The fraction of sp³-hybridized carbons (Fsp3) is 0.917. The van der Waals surface area contributed by atoms with Crippen LogP contribution in [0.25, 0.3) is 0 Å². The van der Waals surface area contributed by atoms with Crippen molar-refractivity contribution in [2.24, 2.45) is 4.99 Å². The van der Waals surface area contributed by atoms with Crippen molar-refractivity contribution in [2.75, 3.05) is 31.4 Å². The second-order valence-corrected chi connectivity index (χ2v) is 8.27. The Hall–Kier alpha value is 0.300. The summed E-state index contributed by atoms with van der Waals surface area (Å²) in [6.45, 7) is 7.64. The number of nitrogens with one attached hydrogen (secondary N) is 2. The molecule has 0 radical (unpaired) electrons. The van der Waals surface area contributed by atoms with E-state index in [1.165, 1.54) is 6.26 Å². The van der Waals surface area contributed by atoms with Gasteiger partial charge in [0.1, 0.15) is 9.84 Å². The first kappa shape index (κ1) is 22.6. The molecule has 0 rings (SSSR count). The number of thioether (sulfide) groups is 1. The number of halogens is 1. The SMILES string of the molecule is CCNC(=NCC(C)SC)NC(C)CCS(C)(=O)=O.I. The van der Waals surface area contributed by atoms with Crippen molar-refractivity contribution >= 4 is 51.5 Å². The third kappa shape index (κ3) is 13.3. The van der Waals surface area contributed by atoms with Gasteiger partial charge >= 0.3 is 0 Å². The average molecular weight is 437 g/mol. The maximum atomic E-state index is 11.1. The molecule has 0 saturated heterocycles. The number of rotatable bonds is 8. The van der Waals surface area contributed by atoms with E-state index >= 15 is 0 Å². The van der Waals surface area contributed by atoms with E-state index in [2.05, 4.69) is 28.8 Å². The van der Waals surface area contributed by atoms with Crippen LogP contribution in [0.3, 0.4) is 0 Å². The predicted molar refractivity (Wildman–Crippen MR) is 101 cm³/mol. The molecular formula is C12H28IN3O2S2. The molecule has 0 spiro atoms. The molecule has 0 aliphatic heterocycles. The molecule has 0 aliphatic carbocycles. The molecule has 0 aliphatic rings. The van der Waals surface area contributed by atoms with E-state index in [1.54, 1.807) is 11.8 Å². The van der Waals surface area contributed by atoms with Crippen LogP contribution in [0.5, 0.6) is 0 Å². The lowest BCUT2D eigenvalue weighted by Gasteiger charge is -2.18. The topological polar surface area (TPSA) is 70.6 Å². The van der Waals surface area contributed by atoms with Gasteiger partial charge in [0, 0.05) is 24.1 Å². The first-order chi connectivity index (χ1) is 8.78. The molecular weight excluding hydrogens is 409 g/mol. The summed E-state index contributed by atoms with van der Waals surface area (Å²) in [5.74, 6) is 0.950. The van der Waals surface area contributed by atoms with E-state index in [0.29, 0.717) is 11.7 Å². The number of nitrogens with zero attached hydrogens (tertiary/aromatic N) is 1. The van der Waals surface area contributed by atoms with Crippen molar-refractivity contribution in [3.05, 3.63) is 0 Å². The Morgan fingerprint density at radius 2 is 1.95 bits per heavy atom. The van der Waals surface area contributed by atoms with Crippen LogP contribution in [0.15, 0.2) is 4.99 Å². The molecule has 0 aromatic rings. The molecule has 8 heteroatoms. The van der Waals surface area contributed by atoms with Crippen LogP contribution >= 0.6 is 35.7 Å². The summed E-state index contributed by atoms with van der Waals surface area (Å²) in [5, 5.41) is 6.88. The highest BCUT2D eigenvalue weighted by Crippen LogP contribution is 2.04. The number of sulfone groups is 1. The first-order valence-corrected chi connectivity index (χ1v) is 9.88. The quantitative estimate of drug-likeness (QED) is 0.344. The van der Waals surface area contributed by atoms with Crippen molar-refractivity contribution < 1.29 is 8.42 Å². The highest BCUT2D eigenvalue weighted by Gasteiger charge is 2.09. The molecule has 122 valence electrons. The van der Waals surface area contributed by atoms with Crippen molar-refractivity contribution in [2.45, 2.75) is 38.5 Å². The Balaban J connectivity index is 0. The summed E-state index contributed by atoms with van der Waals surface area (Å²) in [4.78, 5) is 4.49. The summed E-state index contributed by atoms with van der Waals surface area (Å²) < 4.78 is 22.2. The molecule has 0 amide bonds. The average Bonchev–Trinajstić information content (AvgIpc) is 2.32. The normalized spacial score (nSPS) is 15.2. The fourth-order valence-electron chi connectivity index (χ4n) is 1.31. The molecule has 0 fully saturated rings. The van der Waals surface area contributed by atoms with E-state index in [-0.39, 0.29) is 35.8 Å². The largest absolute Gasteiger partial charge is 0.357 e. The summed E-state index contributed by atoms with van der Waals surface area (Å²) in [5.41, 5.74) is 0. The minimum absolute atomic E-state index is 0. The molecule has 0 aromatic carbocycles. The number of hydrogen-bond acceptors (Lipinski definition) is 4. The summed E-state index contributed by atoms with van der Waals surface area (Å²) in [7, 11) is -2.90. The number of guanidine groups is 1. The minimum atomic E-state index is -2.90. The zero-order chi connectivity index (χ0) is 14.9. The third-order valence-electron chi connectivity index (χ3n) is 2.56. The summed E-state index contributed by atoms with van der Waals surface area (Å²) >= 11 is 1.78. The fourth-order valence-corrected chi connectivity index (χ4v) is 2.32. The Morgan fingerprint density at radius 1 is 1.35 bits per heavy atom. The van der Waals surface area contributed by atoms with E-state index < -0.39 is 9.84 Å². The molecule has 0 bridgehead atoms. The van der Waals surface area contributed by atoms with Gasteiger partial charge < -0.3 is 10.6 Å². The third-order valence-corrected chi connectivity index (χ3v) is 4.49. The Kier molecular flexibility index (Phi) is 13.4. The summed E-state index contributed by atoms with van der Waals surface area (Å²) in [6.07, 6.45) is 3.91. The van der Waals surface area contributed by atoms with Gasteiger partial charge in [-0.3, -0.25) is 4.99 Å². The van der Waals surface area contributed by atoms with Crippen molar-refractivity contribution in [3.8, 4) is 0 Å². The van der Waals surface area contributed by atoms with Gasteiger partial charge in [-0.2, -0.15) is 11.8 Å². The van der Waals surface area contributed by atoms with Crippen LogP contribution in [0.4, 0.5) is 0 Å². The molecule has 0 aromatic heterocycles. The lowest BCUT2D eigenvalue weighted by Crippen LogP contribution is -2.43. The second kappa shape index (κ2) is 11.9. The monoisotopic (exact) mass is 437 g/mol. The second-order valence-electron chi connectivity index (χ2n) is 4.73. The van der Waals surface area contributed by atoms with Crippen LogP contribution in [-0.2, 0) is 9.84 Å². The van der Waals surface area contributed by atoms with Crippen LogP contribution in [-0.4, -0.2) is 57.0 Å². The van der Waals surface area contributed by atoms with E-state index in [0.717, 1.165) is 19.0 Å². The van der Waals surface area contributed by atoms with E-state index in [1.807, 2.05) is 13.8 Å². The molecule has 0 heterocycles. The van der Waals surface area contributed by atoms with Gasteiger partial charge in [0.2, 0.25) is 0 Å². The van der Waals surface area contributed by atoms with Gasteiger partial charge in [0.05, 0.1) is 12.3 Å². The van der Waals surface area contributed by atoms with Crippen LogP contribution in [0.1, 0.15) is 27.2 Å². The zero-order valence-electron chi connectivity index (χ0n) is 13.0. The van der Waals surface area contributed by atoms with Gasteiger partial charge in [0.25, 0.3) is 0 Å². The molecule has 5 nitrogen and oxygen atoms in total. The molecule has 2 N–H and O–H groups in total. The predicted octanol–water partition coefficient (Wildman–Crippen LogP) is 1.73. The molecule has 2 unspecified atom stereocenters. The highest BCUT2D eigenvalue weighted by molar-refractivity contribution is 14.0. The van der Waals surface area contributed by atoms with Crippen LogP contribution < -0.4 is 10.6 Å².